The summed E-state index contributed by atoms with van der Waals surface area (Å²) in [6.45, 7) is 8.35. The Morgan fingerprint density at radius 2 is 2.05 bits per heavy atom. The summed E-state index contributed by atoms with van der Waals surface area (Å²) in [5, 5.41) is 0. The van der Waals surface area contributed by atoms with Gasteiger partial charge in [0.2, 0.25) is 5.91 Å². The lowest BCUT2D eigenvalue weighted by atomic mass is 9.98. The highest BCUT2D eigenvalue weighted by Crippen LogP contribution is 2.23. The van der Waals surface area contributed by atoms with Gasteiger partial charge in [0, 0.05) is 37.6 Å². The van der Waals surface area contributed by atoms with Gasteiger partial charge in [0.1, 0.15) is 0 Å². The van der Waals surface area contributed by atoms with E-state index in [1.807, 2.05) is 17.9 Å². The lowest BCUT2D eigenvalue weighted by Crippen LogP contribution is -2.54. The molecule has 21 heavy (non-hydrogen) atoms. The van der Waals surface area contributed by atoms with Crippen LogP contribution in [0.5, 0.6) is 0 Å². The third kappa shape index (κ3) is 4.42. The number of nitrogens with zero attached hydrogens (tertiary/aromatic N) is 2. The van der Waals surface area contributed by atoms with Crippen LogP contribution < -0.4 is 5.73 Å². The summed E-state index contributed by atoms with van der Waals surface area (Å²) in [6.07, 6.45) is 0.937. The van der Waals surface area contributed by atoms with E-state index >= 15 is 0 Å². The third-order valence-corrected chi connectivity index (χ3v) is 5.45. The van der Waals surface area contributed by atoms with Gasteiger partial charge in [0.15, 0.2) is 0 Å². The Kier molecular flexibility index (Phi) is 6.05. The molecule has 2 rings (SSSR count). The highest BCUT2D eigenvalue weighted by Gasteiger charge is 2.27. The van der Waals surface area contributed by atoms with E-state index in [2.05, 4.69) is 17.9 Å². The Morgan fingerprint density at radius 3 is 2.57 bits per heavy atom. The third-order valence-electron chi connectivity index (χ3n) is 4.23. The summed E-state index contributed by atoms with van der Waals surface area (Å²) in [4.78, 5) is 17.9. The lowest BCUT2D eigenvalue weighted by molar-refractivity contribution is -0.135. The van der Waals surface area contributed by atoms with Crippen molar-refractivity contribution in [2.24, 2.45) is 11.7 Å². The van der Waals surface area contributed by atoms with Crippen LogP contribution in [0.2, 0.25) is 4.34 Å². The number of piperazine rings is 1. The van der Waals surface area contributed by atoms with Crippen molar-refractivity contribution in [3.63, 3.8) is 0 Å². The van der Waals surface area contributed by atoms with Crippen molar-refractivity contribution in [2.45, 2.75) is 32.9 Å². The molecule has 118 valence electrons. The Balaban J connectivity index is 1.81. The second kappa shape index (κ2) is 7.58. The van der Waals surface area contributed by atoms with Gasteiger partial charge in [0.25, 0.3) is 0 Å². The molecule has 0 radical (unpaired) electrons. The molecule has 1 aliphatic rings. The lowest BCUT2D eigenvalue weighted by Gasteiger charge is -2.36. The van der Waals surface area contributed by atoms with E-state index in [1.54, 1.807) is 11.3 Å². The van der Waals surface area contributed by atoms with E-state index in [9.17, 15) is 4.79 Å². The number of carbonyl (C=O) groups is 1. The van der Waals surface area contributed by atoms with Gasteiger partial charge < -0.3 is 10.6 Å². The maximum atomic E-state index is 12.3. The molecule has 2 atom stereocenters. The minimum atomic E-state index is -0.363. The number of rotatable bonds is 5. The van der Waals surface area contributed by atoms with Gasteiger partial charge in [-0.3, -0.25) is 9.69 Å². The summed E-state index contributed by atoms with van der Waals surface area (Å²) in [6, 6.07) is 3.65. The highest BCUT2D eigenvalue weighted by atomic mass is 35.5. The molecule has 2 N–H and O–H groups in total. The molecule has 2 heterocycles. The predicted octanol–water partition coefficient (Wildman–Crippen LogP) is 2.42. The van der Waals surface area contributed by atoms with E-state index in [0.717, 1.165) is 43.5 Å². The van der Waals surface area contributed by atoms with Gasteiger partial charge in [0.05, 0.1) is 10.4 Å². The monoisotopic (exact) mass is 329 g/mol. The van der Waals surface area contributed by atoms with Crippen LogP contribution in [0.15, 0.2) is 12.1 Å². The van der Waals surface area contributed by atoms with Crippen LogP contribution >= 0.6 is 22.9 Å². The van der Waals surface area contributed by atoms with Crippen LogP contribution in [-0.2, 0) is 11.3 Å². The molecule has 1 aromatic rings. The second-order valence-corrected chi connectivity index (χ2v) is 7.52. The maximum absolute atomic E-state index is 12.3. The number of thiophene rings is 1. The number of carbonyl (C=O) groups excluding carboxylic acids is 1. The van der Waals surface area contributed by atoms with Crippen LogP contribution in [0.3, 0.4) is 0 Å². The number of halogens is 1. The Hall–Kier alpha value is -0.620. The van der Waals surface area contributed by atoms with Crippen LogP contribution in [0.1, 0.15) is 25.1 Å². The normalized spacial score (nSPS) is 19.5. The average molecular weight is 330 g/mol. The Bertz CT molecular complexity index is 471. The van der Waals surface area contributed by atoms with Crippen molar-refractivity contribution in [2.75, 3.05) is 26.2 Å². The zero-order valence-corrected chi connectivity index (χ0v) is 14.3. The van der Waals surface area contributed by atoms with Crippen molar-refractivity contribution in [3.8, 4) is 0 Å². The molecule has 0 saturated carbocycles. The highest BCUT2D eigenvalue weighted by molar-refractivity contribution is 7.16. The van der Waals surface area contributed by atoms with Gasteiger partial charge in [-0.15, -0.1) is 11.3 Å². The first-order valence-electron chi connectivity index (χ1n) is 7.52. The van der Waals surface area contributed by atoms with E-state index in [-0.39, 0.29) is 17.9 Å². The number of hydrogen-bond acceptors (Lipinski definition) is 4. The topological polar surface area (TPSA) is 49.6 Å². The molecule has 1 fully saturated rings. The van der Waals surface area contributed by atoms with Crippen molar-refractivity contribution in [1.82, 2.24) is 9.80 Å². The first-order valence-corrected chi connectivity index (χ1v) is 8.71. The zero-order valence-electron chi connectivity index (χ0n) is 12.7. The quantitative estimate of drug-likeness (QED) is 0.902. The molecule has 1 amide bonds. The van der Waals surface area contributed by atoms with Gasteiger partial charge in [-0.05, 0) is 18.1 Å². The van der Waals surface area contributed by atoms with E-state index in [1.165, 1.54) is 4.88 Å². The van der Waals surface area contributed by atoms with Crippen LogP contribution in [0.25, 0.3) is 0 Å². The molecule has 1 saturated heterocycles. The molecule has 4 nitrogen and oxygen atoms in total. The fourth-order valence-electron chi connectivity index (χ4n) is 2.49. The first-order chi connectivity index (χ1) is 10.0. The summed E-state index contributed by atoms with van der Waals surface area (Å²) in [7, 11) is 0. The fourth-order valence-corrected chi connectivity index (χ4v) is 3.62. The average Bonchev–Trinajstić information content (AvgIpc) is 2.90. The summed E-state index contributed by atoms with van der Waals surface area (Å²) in [5.41, 5.74) is 6.05. The maximum Gasteiger partial charge on any atom is 0.239 e. The van der Waals surface area contributed by atoms with Crippen molar-refractivity contribution < 1.29 is 4.79 Å². The minimum Gasteiger partial charge on any atom is -0.339 e. The molecule has 0 aliphatic carbocycles. The number of nitrogens with two attached hydrogens (primary N) is 1. The van der Waals surface area contributed by atoms with Crippen LogP contribution in [0, 0.1) is 5.92 Å². The molecular formula is C15H24ClN3OS. The smallest absolute Gasteiger partial charge is 0.239 e. The standard InChI is InChI=1S/C15H24ClN3OS/c1-3-11(2)14(17)15(20)19-8-6-18(7-9-19)10-12-4-5-13(16)21-12/h4-5,11,14H,3,6-10,17H2,1-2H3/t11?,14-/m0/s1. The van der Waals surface area contributed by atoms with Crippen molar-refractivity contribution in [1.29, 1.82) is 0 Å². The van der Waals surface area contributed by atoms with Gasteiger partial charge in [-0.25, -0.2) is 0 Å². The van der Waals surface area contributed by atoms with Crippen LogP contribution in [0.4, 0.5) is 0 Å². The van der Waals surface area contributed by atoms with E-state index < -0.39 is 0 Å². The SMILES string of the molecule is CCC(C)[C@H](N)C(=O)N1CCN(Cc2ccc(Cl)s2)CC1. The molecule has 0 aromatic carbocycles. The van der Waals surface area contributed by atoms with Crippen molar-refractivity contribution in [3.05, 3.63) is 21.3 Å². The largest absolute Gasteiger partial charge is 0.339 e. The summed E-state index contributed by atoms with van der Waals surface area (Å²) < 4.78 is 0.832. The van der Waals surface area contributed by atoms with Crippen molar-refractivity contribution >= 4 is 28.8 Å². The minimum absolute atomic E-state index is 0.100. The summed E-state index contributed by atoms with van der Waals surface area (Å²) >= 11 is 7.58. The Labute approximate surface area is 135 Å². The van der Waals surface area contributed by atoms with Crippen LogP contribution in [-0.4, -0.2) is 47.9 Å². The molecule has 6 heteroatoms. The molecule has 1 unspecified atom stereocenters. The molecule has 0 bridgehead atoms. The van der Waals surface area contributed by atoms with E-state index in [0.29, 0.717) is 0 Å². The molecular weight excluding hydrogens is 306 g/mol. The Morgan fingerprint density at radius 1 is 1.38 bits per heavy atom. The predicted molar refractivity (Wildman–Crippen MR) is 88.6 cm³/mol. The van der Waals surface area contributed by atoms with Gasteiger partial charge in [-0.2, -0.15) is 0 Å². The summed E-state index contributed by atoms with van der Waals surface area (Å²) in [5.74, 6) is 0.340. The molecule has 1 aliphatic heterocycles. The zero-order chi connectivity index (χ0) is 15.4. The van der Waals surface area contributed by atoms with Gasteiger partial charge >= 0.3 is 0 Å². The first kappa shape index (κ1) is 16.7. The van der Waals surface area contributed by atoms with Gasteiger partial charge in [-0.1, -0.05) is 31.9 Å². The molecule has 0 spiro atoms. The number of amides is 1. The fraction of sp³-hybridized carbons (Fsp3) is 0.667. The number of hydrogen-bond donors (Lipinski definition) is 1. The van der Waals surface area contributed by atoms with E-state index in [4.69, 9.17) is 17.3 Å². The second-order valence-electron chi connectivity index (χ2n) is 5.72. The molecule has 1 aromatic heterocycles.